The number of rotatable bonds is 3. The lowest BCUT2D eigenvalue weighted by Crippen LogP contribution is -2.34. The van der Waals surface area contributed by atoms with Gasteiger partial charge in [0.05, 0.1) is 5.56 Å². The quantitative estimate of drug-likeness (QED) is 0.843. The molecule has 2 nitrogen and oxygen atoms in total. The van der Waals surface area contributed by atoms with Crippen LogP contribution in [0.25, 0.3) is 0 Å². The van der Waals surface area contributed by atoms with Crippen molar-refractivity contribution in [2.24, 2.45) is 5.92 Å². The van der Waals surface area contributed by atoms with Crippen LogP contribution in [0.2, 0.25) is 0 Å². The molecule has 1 saturated carbocycles. The largest absolute Gasteiger partial charge is 0.416 e. The summed E-state index contributed by atoms with van der Waals surface area (Å²) in [5.74, 6) is 0.733. The van der Waals surface area contributed by atoms with Crippen LogP contribution >= 0.6 is 0 Å². The lowest BCUT2D eigenvalue weighted by Gasteiger charge is -2.34. The fourth-order valence-electron chi connectivity index (χ4n) is 3.08. The van der Waals surface area contributed by atoms with Gasteiger partial charge in [-0.2, -0.15) is 13.2 Å². The Balaban J connectivity index is 2.12. The second-order valence-electron chi connectivity index (χ2n) is 6.24. The number of nitrogens with two attached hydrogens (primary N) is 1. The highest BCUT2D eigenvalue weighted by atomic mass is 19.4. The summed E-state index contributed by atoms with van der Waals surface area (Å²) in [6.07, 6.45) is 0.0837. The topological polar surface area (TPSA) is 29.3 Å². The standard InChI is InChI=1S/C16H23F3N2/c1-11-3-7-14(8-4-11)21(2)10-12-5-6-13(20)9-15(12)16(17,18)19/h5-6,9,11,14H,3-4,7-8,10,20H2,1-2H3. The van der Waals surface area contributed by atoms with E-state index in [4.69, 9.17) is 5.73 Å². The third-order valence-corrected chi connectivity index (χ3v) is 4.47. The first kappa shape index (κ1) is 16.1. The van der Waals surface area contributed by atoms with Crippen LogP contribution in [-0.2, 0) is 12.7 Å². The van der Waals surface area contributed by atoms with Gasteiger partial charge in [0.2, 0.25) is 0 Å². The third-order valence-electron chi connectivity index (χ3n) is 4.47. The minimum atomic E-state index is -4.35. The summed E-state index contributed by atoms with van der Waals surface area (Å²) in [5, 5.41) is 0. The van der Waals surface area contributed by atoms with Gasteiger partial charge < -0.3 is 5.73 Å². The molecule has 0 aliphatic heterocycles. The first-order chi connectivity index (χ1) is 9.77. The molecule has 0 amide bonds. The molecular weight excluding hydrogens is 277 g/mol. The first-order valence-electron chi connectivity index (χ1n) is 7.43. The van der Waals surface area contributed by atoms with E-state index in [-0.39, 0.29) is 5.69 Å². The van der Waals surface area contributed by atoms with Gasteiger partial charge in [0.1, 0.15) is 0 Å². The molecule has 1 fully saturated rings. The van der Waals surface area contributed by atoms with Crippen molar-refractivity contribution in [3.05, 3.63) is 29.3 Å². The van der Waals surface area contributed by atoms with Crippen LogP contribution in [0.5, 0.6) is 0 Å². The molecule has 5 heteroatoms. The van der Waals surface area contributed by atoms with Crippen molar-refractivity contribution in [1.82, 2.24) is 4.90 Å². The molecule has 0 unspecified atom stereocenters. The van der Waals surface area contributed by atoms with E-state index in [9.17, 15) is 13.2 Å². The molecular formula is C16H23F3N2. The van der Waals surface area contributed by atoms with Gasteiger partial charge in [0.25, 0.3) is 0 Å². The summed E-state index contributed by atoms with van der Waals surface area (Å²) >= 11 is 0. The molecule has 21 heavy (non-hydrogen) atoms. The first-order valence-corrected chi connectivity index (χ1v) is 7.43. The minimum Gasteiger partial charge on any atom is -0.399 e. The molecule has 0 atom stereocenters. The van der Waals surface area contributed by atoms with Crippen molar-refractivity contribution < 1.29 is 13.2 Å². The van der Waals surface area contributed by atoms with Crippen LogP contribution in [0.15, 0.2) is 18.2 Å². The predicted molar refractivity (Wildman–Crippen MR) is 78.7 cm³/mol. The van der Waals surface area contributed by atoms with Crippen molar-refractivity contribution >= 4 is 5.69 Å². The van der Waals surface area contributed by atoms with Crippen LogP contribution in [-0.4, -0.2) is 18.0 Å². The SMILES string of the molecule is CC1CCC(N(C)Cc2ccc(N)cc2C(F)(F)F)CC1. The summed E-state index contributed by atoms with van der Waals surface area (Å²) in [6, 6.07) is 4.45. The van der Waals surface area contributed by atoms with E-state index in [0.717, 1.165) is 37.7 Å². The molecule has 1 aromatic carbocycles. The summed E-state index contributed by atoms with van der Waals surface area (Å²) < 4.78 is 39.3. The Labute approximate surface area is 124 Å². The Hall–Kier alpha value is -1.23. The Kier molecular flexibility index (Phi) is 4.81. The lowest BCUT2D eigenvalue weighted by molar-refractivity contribution is -0.138. The van der Waals surface area contributed by atoms with Crippen molar-refractivity contribution in [2.45, 2.75) is 51.4 Å². The third kappa shape index (κ3) is 4.13. The minimum absolute atomic E-state index is 0.153. The fraction of sp³-hybridized carbons (Fsp3) is 0.625. The number of halogens is 3. The molecule has 118 valence electrons. The average molecular weight is 300 g/mol. The van der Waals surface area contributed by atoms with Crippen LogP contribution in [0, 0.1) is 5.92 Å². The van der Waals surface area contributed by atoms with E-state index in [0.29, 0.717) is 18.2 Å². The zero-order valence-corrected chi connectivity index (χ0v) is 12.6. The zero-order chi connectivity index (χ0) is 15.6. The summed E-state index contributed by atoms with van der Waals surface area (Å²) in [6.45, 7) is 2.55. The van der Waals surface area contributed by atoms with E-state index in [1.165, 1.54) is 6.07 Å². The summed E-state index contributed by atoms with van der Waals surface area (Å²) in [5.41, 5.74) is 5.34. The Morgan fingerprint density at radius 3 is 2.38 bits per heavy atom. The van der Waals surface area contributed by atoms with E-state index in [2.05, 4.69) is 6.92 Å². The highest BCUT2D eigenvalue weighted by Crippen LogP contribution is 2.35. The maximum absolute atomic E-state index is 13.1. The predicted octanol–water partition coefficient (Wildman–Crippen LogP) is 4.30. The van der Waals surface area contributed by atoms with Crippen LogP contribution in [0.3, 0.4) is 0 Å². The van der Waals surface area contributed by atoms with Gasteiger partial charge in [0, 0.05) is 18.3 Å². The number of nitrogen functional groups attached to an aromatic ring is 1. The van der Waals surface area contributed by atoms with E-state index in [1.807, 2.05) is 11.9 Å². The van der Waals surface area contributed by atoms with Gasteiger partial charge in [0.15, 0.2) is 0 Å². The highest BCUT2D eigenvalue weighted by molar-refractivity contribution is 5.46. The molecule has 0 aromatic heterocycles. The molecule has 0 radical (unpaired) electrons. The second-order valence-corrected chi connectivity index (χ2v) is 6.24. The van der Waals surface area contributed by atoms with Crippen molar-refractivity contribution in [3.8, 4) is 0 Å². The Bertz CT molecular complexity index is 477. The summed E-state index contributed by atoms with van der Waals surface area (Å²) in [4.78, 5) is 2.05. The highest BCUT2D eigenvalue weighted by Gasteiger charge is 2.34. The monoisotopic (exact) mass is 300 g/mol. The van der Waals surface area contributed by atoms with Gasteiger partial charge in [-0.1, -0.05) is 13.0 Å². The Morgan fingerprint density at radius 2 is 1.81 bits per heavy atom. The van der Waals surface area contributed by atoms with E-state index < -0.39 is 11.7 Å². The van der Waals surface area contributed by atoms with E-state index in [1.54, 1.807) is 6.07 Å². The smallest absolute Gasteiger partial charge is 0.399 e. The molecule has 1 aliphatic rings. The van der Waals surface area contributed by atoms with Gasteiger partial charge in [-0.3, -0.25) is 4.90 Å². The summed E-state index contributed by atoms with van der Waals surface area (Å²) in [7, 11) is 1.91. The number of alkyl halides is 3. The van der Waals surface area contributed by atoms with Gasteiger partial charge in [-0.05, 0) is 56.3 Å². The number of hydrogen-bond donors (Lipinski definition) is 1. The number of benzene rings is 1. The normalized spacial score (nSPS) is 23.5. The maximum atomic E-state index is 13.1. The van der Waals surface area contributed by atoms with E-state index >= 15 is 0 Å². The molecule has 0 bridgehead atoms. The number of hydrogen-bond acceptors (Lipinski definition) is 2. The van der Waals surface area contributed by atoms with Crippen molar-refractivity contribution in [1.29, 1.82) is 0 Å². The maximum Gasteiger partial charge on any atom is 0.416 e. The molecule has 0 saturated heterocycles. The van der Waals surface area contributed by atoms with Crippen molar-refractivity contribution in [2.75, 3.05) is 12.8 Å². The fourth-order valence-corrected chi connectivity index (χ4v) is 3.08. The van der Waals surface area contributed by atoms with Crippen LogP contribution in [0.4, 0.5) is 18.9 Å². The lowest BCUT2D eigenvalue weighted by atomic mass is 9.86. The number of anilines is 1. The molecule has 2 N–H and O–H groups in total. The molecule has 1 aromatic rings. The average Bonchev–Trinajstić information content (AvgIpc) is 2.40. The van der Waals surface area contributed by atoms with Gasteiger partial charge in [-0.25, -0.2) is 0 Å². The van der Waals surface area contributed by atoms with Gasteiger partial charge in [-0.15, -0.1) is 0 Å². The molecule has 1 aliphatic carbocycles. The molecule has 2 rings (SSSR count). The molecule has 0 spiro atoms. The molecule has 0 heterocycles. The van der Waals surface area contributed by atoms with Crippen LogP contribution in [0.1, 0.15) is 43.7 Å². The van der Waals surface area contributed by atoms with Crippen LogP contribution < -0.4 is 5.73 Å². The van der Waals surface area contributed by atoms with Crippen molar-refractivity contribution in [3.63, 3.8) is 0 Å². The van der Waals surface area contributed by atoms with Gasteiger partial charge >= 0.3 is 6.18 Å². The Morgan fingerprint density at radius 1 is 1.19 bits per heavy atom. The number of nitrogens with zero attached hydrogens (tertiary/aromatic N) is 1. The zero-order valence-electron chi connectivity index (χ0n) is 12.6. The second kappa shape index (κ2) is 6.26.